The molecule has 0 atom stereocenters. The van der Waals surface area contributed by atoms with E-state index in [1.807, 2.05) is 154 Å². The summed E-state index contributed by atoms with van der Waals surface area (Å²) in [4.78, 5) is 24.2. The summed E-state index contributed by atoms with van der Waals surface area (Å²) in [5.41, 5.74) is 6.24. The molecule has 0 saturated heterocycles. The molecular weight excluding hydrogens is 725 g/mol. The van der Waals surface area contributed by atoms with Gasteiger partial charge in [-0.05, 0) is 52.1 Å². The van der Waals surface area contributed by atoms with Crippen LogP contribution in [0.1, 0.15) is 103 Å². The Morgan fingerprint density at radius 2 is 0.707 bits per heavy atom. The second-order valence-electron chi connectivity index (χ2n) is 16.1. The largest absolute Gasteiger partial charge is 0.488 e. The predicted molar refractivity (Wildman–Crippen MR) is 230 cm³/mol. The number of Topliss-reactive ketones (excluding diaryl/α,β-unsaturated/α-hetero) is 1. The van der Waals surface area contributed by atoms with Gasteiger partial charge < -0.3 is 24.1 Å². The maximum atomic E-state index is 12.3. The van der Waals surface area contributed by atoms with Gasteiger partial charge >= 0.3 is 5.97 Å². The number of hydrogen-bond acceptors (Lipinski definition) is 6. The highest BCUT2D eigenvalue weighted by atomic mass is 16.5. The van der Waals surface area contributed by atoms with Gasteiger partial charge in [0.15, 0.2) is 5.78 Å². The molecule has 0 spiro atoms. The van der Waals surface area contributed by atoms with Crippen molar-refractivity contribution >= 4 is 11.8 Å². The normalized spacial score (nSPS) is 11.2. The maximum Gasteiger partial charge on any atom is 0.339 e. The Balaban J connectivity index is 0.000000221. The first-order valence-electron chi connectivity index (χ1n) is 19.5. The topological polar surface area (TPSA) is 91.3 Å². The molecule has 6 aromatic carbocycles. The number of rotatable bonds is 14. The van der Waals surface area contributed by atoms with Crippen molar-refractivity contribution in [2.24, 2.45) is 0 Å². The van der Waals surface area contributed by atoms with Crippen LogP contribution in [0.25, 0.3) is 0 Å². The third-order valence-electron chi connectivity index (χ3n) is 9.34. The van der Waals surface area contributed by atoms with Crippen LogP contribution in [0.15, 0.2) is 146 Å². The first-order chi connectivity index (χ1) is 27.7. The predicted octanol–water partition coefficient (Wildman–Crippen LogP) is 12.2. The quantitative estimate of drug-likeness (QED) is 0.110. The van der Waals surface area contributed by atoms with Gasteiger partial charge in [-0.2, -0.15) is 0 Å². The molecule has 0 saturated carbocycles. The van der Waals surface area contributed by atoms with Crippen molar-refractivity contribution in [2.45, 2.75) is 85.7 Å². The average Bonchev–Trinajstić information content (AvgIpc) is 3.21. The van der Waals surface area contributed by atoms with Gasteiger partial charge in [0.1, 0.15) is 55.0 Å². The Bertz CT molecular complexity index is 2070. The van der Waals surface area contributed by atoms with Gasteiger partial charge in [-0.15, -0.1) is 0 Å². The molecule has 0 heterocycles. The van der Waals surface area contributed by atoms with Crippen LogP contribution in [0.5, 0.6) is 23.0 Å². The molecule has 0 aromatic heterocycles. The smallest absolute Gasteiger partial charge is 0.339 e. The van der Waals surface area contributed by atoms with Crippen molar-refractivity contribution in [2.75, 3.05) is 0 Å². The molecule has 1 N–H and O–H groups in total. The van der Waals surface area contributed by atoms with E-state index in [-0.39, 0.29) is 28.8 Å². The third kappa shape index (κ3) is 12.3. The molecule has 0 bridgehead atoms. The van der Waals surface area contributed by atoms with E-state index in [1.165, 1.54) is 0 Å². The number of carboxylic acid groups (broad SMARTS) is 1. The van der Waals surface area contributed by atoms with Crippen LogP contribution in [0, 0.1) is 0 Å². The minimum atomic E-state index is -1.02. The lowest BCUT2D eigenvalue weighted by atomic mass is 9.84. The molecule has 7 heteroatoms. The van der Waals surface area contributed by atoms with Crippen LogP contribution < -0.4 is 18.9 Å². The van der Waals surface area contributed by atoms with Gasteiger partial charge in [0.2, 0.25) is 0 Å². The Morgan fingerprint density at radius 3 is 0.983 bits per heavy atom. The molecule has 6 rings (SSSR count). The molecule has 0 unspecified atom stereocenters. The van der Waals surface area contributed by atoms with Crippen molar-refractivity contribution in [3.63, 3.8) is 0 Å². The van der Waals surface area contributed by atoms with E-state index in [1.54, 1.807) is 19.1 Å². The minimum Gasteiger partial charge on any atom is -0.488 e. The summed E-state index contributed by atoms with van der Waals surface area (Å²) in [5.74, 6) is 1.19. The molecule has 0 aliphatic rings. The lowest BCUT2D eigenvalue weighted by Gasteiger charge is -2.25. The van der Waals surface area contributed by atoms with Crippen molar-refractivity contribution in [1.82, 2.24) is 0 Å². The Morgan fingerprint density at radius 1 is 0.431 bits per heavy atom. The van der Waals surface area contributed by atoms with Crippen molar-refractivity contribution in [3.8, 4) is 23.0 Å². The molecule has 6 aromatic rings. The summed E-state index contributed by atoms with van der Waals surface area (Å²) in [7, 11) is 0. The highest BCUT2D eigenvalue weighted by molar-refractivity contribution is 5.97. The fourth-order valence-electron chi connectivity index (χ4n) is 6.16. The molecule has 58 heavy (non-hydrogen) atoms. The number of ketones is 1. The zero-order chi connectivity index (χ0) is 41.7. The summed E-state index contributed by atoms with van der Waals surface area (Å²) in [6.45, 7) is 15.6. The Labute approximate surface area is 343 Å². The van der Waals surface area contributed by atoms with Gasteiger partial charge in [-0.25, -0.2) is 4.79 Å². The van der Waals surface area contributed by atoms with E-state index in [0.717, 1.165) is 39.1 Å². The van der Waals surface area contributed by atoms with E-state index in [9.17, 15) is 14.7 Å². The molecule has 300 valence electrons. The van der Waals surface area contributed by atoms with E-state index in [4.69, 9.17) is 18.9 Å². The second-order valence-corrected chi connectivity index (χ2v) is 16.1. The highest BCUT2D eigenvalue weighted by Gasteiger charge is 2.26. The maximum absolute atomic E-state index is 12.3. The van der Waals surface area contributed by atoms with Crippen LogP contribution in [0.4, 0.5) is 0 Å². The van der Waals surface area contributed by atoms with Crippen LogP contribution in [-0.2, 0) is 37.3 Å². The monoisotopic (exact) mass is 778 g/mol. The molecule has 0 fully saturated rings. The number of hydrogen-bond donors (Lipinski definition) is 1. The summed E-state index contributed by atoms with van der Waals surface area (Å²) >= 11 is 0. The molecule has 0 aliphatic heterocycles. The van der Waals surface area contributed by atoms with Crippen molar-refractivity contribution in [3.05, 3.63) is 190 Å². The molecule has 0 radical (unpaired) electrons. The van der Waals surface area contributed by atoms with Crippen LogP contribution >= 0.6 is 0 Å². The fraction of sp³-hybridized carbons (Fsp3) is 0.255. The minimum absolute atomic E-state index is 0.0202. The number of ether oxygens (including phenoxy) is 4. The number of carbonyl (C=O) groups is 2. The van der Waals surface area contributed by atoms with Crippen molar-refractivity contribution in [1.29, 1.82) is 0 Å². The van der Waals surface area contributed by atoms with E-state index in [2.05, 4.69) is 20.8 Å². The zero-order valence-corrected chi connectivity index (χ0v) is 34.6. The van der Waals surface area contributed by atoms with E-state index >= 15 is 0 Å². The van der Waals surface area contributed by atoms with Gasteiger partial charge in [0.25, 0.3) is 0 Å². The van der Waals surface area contributed by atoms with Gasteiger partial charge in [0.05, 0.1) is 5.56 Å². The lowest BCUT2D eigenvalue weighted by Crippen LogP contribution is -2.16. The van der Waals surface area contributed by atoms with Gasteiger partial charge in [-0.3, -0.25) is 4.79 Å². The lowest BCUT2D eigenvalue weighted by molar-refractivity contribution is 0.0691. The number of carboxylic acids is 1. The molecular formula is C51H54O7. The summed E-state index contributed by atoms with van der Waals surface area (Å²) in [5, 5.41) is 9.73. The number of benzene rings is 6. The van der Waals surface area contributed by atoms with Gasteiger partial charge in [0, 0.05) is 23.3 Å². The summed E-state index contributed by atoms with van der Waals surface area (Å²) in [6.07, 6.45) is 0. The number of carbonyl (C=O) groups excluding carboxylic acids is 1. The Kier molecular flexibility index (Phi) is 14.5. The SMILES string of the molecule is CC(=O)c1cc(C(C)(C)C)c(OCc2ccccc2)cc1OCc1ccccc1.CC(C)(C)c1cc(C(=O)O)c(OCc2ccccc2)cc1OCc1ccccc1. The molecule has 7 nitrogen and oxygen atoms in total. The summed E-state index contributed by atoms with van der Waals surface area (Å²) < 4.78 is 24.2. The summed E-state index contributed by atoms with van der Waals surface area (Å²) in [6, 6.07) is 46.7. The van der Waals surface area contributed by atoms with E-state index in [0.29, 0.717) is 42.6 Å². The Hall–Kier alpha value is -6.34. The number of aromatic carboxylic acids is 1. The van der Waals surface area contributed by atoms with Crippen LogP contribution in [-0.4, -0.2) is 16.9 Å². The first kappa shape index (κ1) is 42.8. The second kappa shape index (κ2) is 19.7. The standard InChI is InChI=1S/C26H28O3.C25H26O4/c1-19(27)22-15-23(26(2,3)4)25(29-18-21-13-9-6-10-14-21)16-24(22)28-17-20-11-7-5-8-12-20;1-25(2,3)21-14-20(24(26)27)22(28-16-18-10-6-4-7-11-18)15-23(21)29-17-19-12-8-5-9-13-19/h5-16H,17-18H2,1-4H3;4-15H,16-17H2,1-3H3,(H,26,27). The van der Waals surface area contributed by atoms with E-state index < -0.39 is 5.97 Å². The van der Waals surface area contributed by atoms with Crippen LogP contribution in [0.2, 0.25) is 0 Å². The highest BCUT2D eigenvalue weighted by Crippen LogP contribution is 2.39. The average molecular weight is 779 g/mol. The van der Waals surface area contributed by atoms with Gasteiger partial charge in [-0.1, -0.05) is 163 Å². The zero-order valence-electron chi connectivity index (χ0n) is 34.6. The van der Waals surface area contributed by atoms with Crippen LogP contribution in [0.3, 0.4) is 0 Å². The third-order valence-corrected chi connectivity index (χ3v) is 9.34. The molecule has 0 aliphatic carbocycles. The fourth-order valence-corrected chi connectivity index (χ4v) is 6.16. The van der Waals surface area contributed by atoms with Crippen molar-refractivity contribution < 1.29 is 33.6 Å². The first-order valence-corrected chi connectivity index (χ1v) is 19.5. The molecule has 0 amide bonds.